The maximum absolute atomic E-state index is 3.72. The van der Waals surface area contributed by atoms with Crippen LogP contribution in [-0.2, 0) is 5.66 Å². The van der Waals surface area contributed by atoms with Crippen molar-refractivity contribution >= 4 is 0 Å². The molecule has 8 nitrogen and oxygen atoms in total. The zero-order valence-electron chi connectivity index (χ0n) is 5.63. The Bertz CT molecular complexity index is 283. The summed E-state index contributed by atoms with van der Waals surface area (Å²) in [6, 6.07) is 0. The fourth-order valence-corrected chi connectivity index (χ4v) is 0.686. The standard InChI is InChI=1S/C3H4N8/c1-3(6-10-11-7-3)2-4-8-9-5-2/h1H3,(H,4,5,8,9). The molecule has 1 aliphatic rings. The van der Waals surface area contributed by atoms with Crippen LogP contribution in [0.25, 0.3) is 0 Å². The Morgan fingerprint density at radius 1 is 1.27 bits per heavy atom. The van der Waals surface area contributed by atoms with E-state index in [2.05, 4.69) is 41.3 Å². The number of aromatic amines is 1. The van der Waals surface area contributed by atoms with Crippen LogP contribution in [0.4, 0.5) is 0 Å². The lowest BCUT2D eigenvalue weighted by Crippen LogP contribution is -2.15. The Kier molecular flexibility index (Phi) is 1.02. The Labute approximate surface area is 60.8 Å². The van der Waals surface area contributed by atoms with E-state index < -0.39 is 5.66 Å². The molecular formula is C3H4N8. The highest BCUT2D eigenvalue weighted by atomic mass is 15.6. The molecule has 1 aromatic rings. The summed E-state index contributed by atoms with van der Waals surface area (Å²) in [7, 11) is 0. The molecule has 11 heavy (non-hydrogen) atoms. The zero-order chi connectivity index (χ0) is 7.73. The van der Waals surface area contributed by atoms with Gasteiger partial charge in [0, 0.05) is 0 Å². The zero-order valence-corrected chi connectivity index (χ0v) is 5.63. The fraction of sp³-hybridized carbons (Fsp3) is 0.667. The van der Waals surface area contributed by atoms with E-state index in [4.69, 9.17) is 0 Å². The first-order chi connectivity index (χ1) is 5.31. The molecule has 0 aromatic carbocycles. The average molecular weight is 152 g/mol. The second-order valence-electron chi connectivity index (χ2n) is 2.14. The summed E-state index contributed by atoms with van der Waals surface area (Å²) in [6.45, 7) is 1.69. The van der Waals surface area contributed by atoms with Gasteiger partial charge in [-0.15, -0.1) is 20.4 Å². The summed E-state index contributed by atoms with van der Waals surface area (Å²) in [5.41, 5.74) is -0.882. The predicted molar refractivity (Wildman–Crippen MR) is 31.2 cm³/mol. The van der Waals surface area contributed by atoms with Crippen molar-refractivity contribution in [2.24, 2.45) is 20.7 Å². The minimum absolute atomic E-state index is 0.363. The largest absolute Gasteiger partial charge is 0.254 e. The number of aromatic nitrogens is 4. The lowest BCUT2D eigenvalue weighted by molar-refractivity contribution is 0.483. The number of H-pyrrole nitrogens is 1. The van der Waals surface area contributed by atoms with Gasteiger partial charge in [0.1, 0.15) is 0 Å². The monoisotopic (exact) mass is 152 g/mol. The van der Waals surface area contributed by atoms with Crippen LogP contribution in [0.3, 0.4) is 0 Å². The van der Waals surface area contributed by atoms with Crippen molar-refractivity contribution in [2.45, 2.75) is 12.6 Å². The maximum atomic E-state index is 3.72. The normalized spacial score (nSPS) is 19.4. The van der Waals surface area contributed by atoms with E-state index in [1.54, 1.807) is 6.92 Å². The highest BCUT2D eigenvalue weighted by Gasteiger charge is 2.33. The number of nitrogens with zero attached hydrogens (tertiary/aromatic N) is 7. The fourth-order valence-electron chi connectivity index (χ4n) is 0.686. The number of rotatable bonds is 1. The Morgan fingerprint density at radius 2 is 2.00 bits per heavy atom. The quantitative estimate of drug-likeness (QED) is 0.621. The lowest BCUT2D eigenvalue weighted by atomic mass is 10.2. The summed E-state index contributed by atoms with van der Waals surface area (Å²) in [6.07, 6.45) is 0. The van der Waals surface area contributed by atoms with Gasteiger partial charge in [0.05, 0.1) is 0 Å². The summed E-state index contributed by atoms with van der Waals surface area (Å²) in [4.78, 5) is 0. The highest BCUT2D eigenvalue weighted by Crippen LogP contribution is 2.27. The van der Waals surface area contributed by atoms with Gasteiger partial charge in [0.2, 0.25) is 5.82 Å². The van der Waals surface area contributed by atoms with Crippen molar-refractivity contribution in [1.29, 1.82) is 0 Å². The second-order valence-corrected chi connectivity index (χ2v) is 2.14. The van der Waals surface area contributed by atoms with Gasteiger partial charge >= 0.3 is 0 Å². The molecule has 0 radical (unpaired) electrons. The van der Waals surface area contributed by atoms with Crippen LogP contribution in [0, 0.1) is 0 Å². The van der Waals surface area contributed by atoms with Gasteiger partial charge in [-0.25, -0.2) is 0 Å². The van der Waals surface area contributed by atoms with Gasteiger partial charge in [0.15, 0.2) is 0 Å². The molecule has 1 aliphatic heterocycles. The minimum Gasteiger partial charge on any atom is -0.177 e. The Morgan fingerprint density at radius 3 is 2.55 bits per heavy atom. The van der Waals surface area contributed by atoms with Crippen LogP contribution < -0.4 is 0 Å². The summed E-state index contributed by atoms with van der Waals surface area (Å²) < 4.78 is 0. The van der Waals surface area contributed by atoms with E-state index in [-0.39, 0.29) is 0 Å². The first kappa shape index (κ1) is 6.01. The van der Waals surface area contributed by atoms with Gasteiger partial charge < -0.3 is 0 Å². The molecule has 0 amide bonds. The number of hydrogen-bond acceptors (Lipinski definition) is 7. The molecule has 0 bridgehead atoms. The van der Waals surface area contributed by atoms with Crippen molar-refractivity contribution in [3.05, 3.63) is 5.82 Å². The molecule has 8 heteroatoms. The van der Waals surface area contributed by atoms with Crippen LogP contribution in [-0.4, -0.2) is 20.6 Å². The van der Waals surface area contributed by atoms with Crippen molar-refractivity contribution in [3.63, 3.8) is 0 Å². The lowest BCUT2D eigenvalue weighted by Gasteiger charge is -2.05. The molecular weight excluding hydrogens is 148 g/mol. The van der Waals surface area contributed by atoms with Crippen LogP contribution in [0.2, 0.25) is 0 Å². The summed E-state index contributed by atoms with van der Waals surface area (Å²) >= 11 is 0. The first-order valence-corrected chi connectivity index (χ1v) is 2.89. The van der Waals surface area contributed by atoms with E-state index in [1.165, 1.54) is 0 Å². The van der Waals surface area contributed by atoms with Crippen molar-refractivity contribution in [1.82, 2.24) is 20.6 Å². The van der Waals surface area contributed by atoms with Gasteiger partial charge in [-0.05, 0) is 22.6 Å². The second kappa shape index (κ2) is 1.87. The molecule has 0 spiro atoms. The first-order valence-electron chi connectivity index (χ1n) is 2.89. The molecule has 0 atom stereocenters. The van der Waals surface area contributed by atoms with Gasteiger partial charge in [-0.3, -0.25) is 0 Å². The molecule has 0 unspecified atom stereocenters. The van der Waals surface area contributed by atoms with Crippen LogP contribution in [0.1, 0.15) is 12.7 Å². The van der Waals surface area contributed by atoms with Crippen LogP contribution in [0.15, 0.2) is 20.7 Å². The van der Waals surface area contributed by atoms with E-state index in [1.807, 2.05) is 0 Å². The average Bonchev–Trinajstić information content (AvgIpc) is 2.55. The number of nitrogens with one attached hydrogen (secondary N) is 1. The third-order valence-electron chi connectivity index (χ3n) is 1.29. The molecule has 2 heterocycles. The molecule has 0 saturated heterocycles. The highest BCUT2D eigenvalue weighted by molar-refractivity contribution is 4.98. The maximum Gasteiger partial charge on any atom is 0.254 e. The van der Waals surface area contributed by atoms with E-state index in [0.29, 0.717) is 5.82 Å². The molecule has 0 saturated carbocycles. The van der Waals surface area contributed by atoms with Crippen LogP contribution in [0.5, 0.6) is 0 Å². The molecule has 1 N–H and O–H groups in total. The molecule has 0 fully saturated rings. The van der Waals surface area contributed by atoms with Crippen molar-refractivity contribution in [3.8, 4) is 0 Å². The van der Waals surface area contributed by atoms with E-state index in [9.17, 15) is 0 Å². The van der Waals surface area contributed by atoms with Gasteiger partial charge in [0.25, 0.3) is 5.66 Å². The van der Waals surface area contributed by atoms with E-state index >= 15 is 0 Å². The third kappa shape index (κ3) is 0.791. The Balaban J connectivity index is 2.43. The van der Waals surface area contributed by atoms with Crippen molar-refractivity contribution < 1.29 is 0 Å². The van der Waals surface area contributed by atoms with E-state index in [0.717, 1.165) is 0 Å². The predicted octanol–water partition coefficient (Wildman–Crippen LogP) is 0.205. The molecule has 2 rings (SSSR count). The Hall–Kier alpha value is -1.73. The number of hydrogen-bond donors (Lipinski definition) is 1. The van der Waals surface area contributed by atoms with Gasteiger partial charge in [-0.1, -0.05) is 0 Å². The third-order valence-corrected chi connectivity index (χ3v) is 1.29. The molecule has 56 valence electrons. The molecule has 0 aliphatic carbocycles. The van der Waals surface area contributed by atoms with Crippen LogP contribution >= 0.6 is 0 Å². The topological polar surface area (TPSA) is 104 Å². The summed E-state index contributed by atoms with van der Waals surface area (Å²) in [5, 5.41) is 27.2. The SMILES string of the molecule is CC1(c2nn[nH]n2)N=NN=N1. The minimum atomic E-state index is -0.882. The van der Waals surface area contributed by atoms with Gasteiger partial charge in [-0.2, -0.15) is 5.21 Å². The molecule has 1 aromatic heterocycles. The summed E-state index contributed by atoms with van der Waals surface area (Å²) in [5.74, 6) is 0.363. The number of tetrazole rings is 1. The smallest absolute Gasteiger partial charge is 0.177 e. The van der Waals surface area contributed by atoms with Crippen molar-refractivity contribution in [2.75, 3.05) is 0 Å².